The van der Waals surface area contributed by atoms with Crippen LogP contribution in [0, 0.1) is 11.3 Å². The van der Waals surface area contributed by atoms with E-state index in [-0.39, 0.29) is 12.5 Å². The highest BCUT2D eigenvalue weighted by atomic mass is 16.2. The molecule has 0 spiro atoms. The molecule has 0 bridgehead atoms. The Labute approximate surface area is 134 Å². The van der Waals surface area contributed by atoms with E-state index in [4.69, 9.17) is 5.26 Å². The Bertz CT molecular complexity index is 706. The van der Waals surface area contributed by atoms with Gasteiger partial charge in [-0.3, -0.25) is 4.79 Å². The summed E-state index contributed by atoms with van der Waals surface area (Å²) < 4.78 is 0. The van der Waals surface area contributed by atoms with Crippen molar-refractivity contribution in [1.82, 2.24) is 5.32 Å². The highest BCUT2D eigenvalue weighted by Crippen LogP contribution is 2.09. The van der Waals surface area contributed by atoms with Gasteiger partial charge in [0.25, 0.3) is 0 Å². The molecule has 0 radical (unpaired) electrons. The van der Waals surface area contributed by atoms with E-state index in [2.05, 4.69) is 22.0 Å². The lowest BCUT2D eigenvalue weighted by Gasteiger charge is -2.08. The molecule has 23 heavy (non-hydrogen) atoms. The Balaban J connectivity index is 1.76. The third-order valence-corrected chi connectivity index (χ3v) is 2.96. The van der Waals surface area contributed by atoms with Crippen molar-refractivity contribution < 1.29 is 9.59 Å². The van der Waals surface area contributed by atoms with Gasteiger partial charge in [-0.2, -0.15) is 5.26 Å². The summed E-state index contributed by atoms with van der Waals surface area (Å²) in [5.41, 5.74) is 2.14. The summed E-state index contributed by atoms with van der Waals surface area (Å²) in [6.45, 7) is -0.140. The number of para-hydroxylation sites is 1. The second-order valence-electron chi connectivity index (χ2n) is 4.75. The first kappa shape index (κ1) is 16.0. The largest absolute Gasteiger partial charge is 0.329 e. The minimum atomic E-state index is -0.448. The molecule has 6 nitrogen and oxygen atoms in total. The van der Waals surface area contributed by atoms with Crippen LogP contribution in [0.25, 0.3) is 0 Å². The zero-order valence-corrected chi connectivity index (χ0v) is 12.4. The summed E-state index contributed by atoms with van der Waals surface area (Å²) >= 11 is 0. The molecule has 2 rings (SSSR count). The molecular weight excluding hydrogens is 292 g/mol. The van der Waals surface area contributed by atoms with Crippen LogP contribution < -0.4 is 16.0 Å². The van der Waals surface area contributed by atoms with Crippen LogP contribution in [-0.2, 0) is 11.2 Å². The fourth-order valence-electron chi connectivity index (χ4n) is 1.86. The quantitative estimate of drug-likeness (QED) is 0.792. The van der Waals surface area contributed by atoms with E-state index in [0.29, 0.717) is 17.8 Å². The molecule has 0 fully saturated rings. The van der Waals surface area contributed by atoms with Gasteiger partial charge in [-0.1, -0.05) is 30.3 Å². The highest BCUT2D eigenvalue weighted by molar-refractivity contribution is 5.96. The number of benzene rings is 2. The van der Waals surface area contributed by atoms with Crippen molar-refractivity contribution in [3.63, 3.8) is 0 Å². The summed E-state index contributed by atoms with van der Waals surface area (Å²) in [5, 5.41) is 16.4. The Morgan fingerprint density at radius 2 is 1.57 bits per heavy atom. The van der Waals surface area contributed by atoms with Gasteiger partial charge in [0.2, 0.25) is 5.91 Å². The zero-order valence-electron chi connectivity index (χ0n) is 12.4. The number of hydrogen-bond acceptors (Lipinski definition) is 3. The number of urea groups is 1. The first-order valence-electron chi connectivity index (χ1n) is 7.03. The molecule has 0 unspecified atom stereocenters. The zero-order chi connectivity index (χ0) is 16.5. The predicted octanol–water partition coefficient (Wildman–Crippen LogP) is 2.51. The third-order valence-electron chi connectivity index (χ3n) is 2.96. The number of nitriles is 1. The van der Waals surface area contributed by atoms with E-state index in [9.17, 15) is 9.59 Å². The smallest absolute Gasteiger partial charge is 0.319 e. The van der Waals surface area contributed by atoms with E-state index in [1.807, 2.05) is 6.07 Å². The Hall–Kier alpha value is -3.33. The monoisotopic (exact) mass is 308 g/mol. The third kappa shape index (κ3) is 5.52. The van der Waals surface area contributed by atoms with Crippen LogP contribution in [-0.4, -0.2) is 18.5 Å². The molecule has 2 aromatic rings. The summed E-state index contributed by atoms with van der Waals surface area (Å²) in [6, 6.07) is 17.5. The van der Waals surface area contributed by atoms with Gasteiger partial charge in [0.05, 0.1) is 19.0 Å². The Kier molecular flexibility index (Phi) is 5.72. The molecular formula is C17H16N4O2. The van der Waals surface area contributed by atoms with Crippen LogP contribution in [0.3, 0.4) is 0 Å². The Morgan fingerprint density at radius 1 is 0.913 bits per heavy atom. The van der Waals surface area contributed by atoms with E-state index in [1.54, 1.807) is 48.5 Å². The highest BCUT2D eigenvalue weighted by Gasteiger charge is 2.06. The fraction of sp³-hybridized carbons (Fsp3) is 0.118. The molecule has 3 N–H and O–H groups in total. The number of carbonyl (C=O) groups is 2. The van der Waals surface area contributed by atoms with Gasteiger partial charge in [0, 0.05) is 11.4 Å². The number of amides is 3. The van der Waals surface area contributed by atoms with Gasteiger partial charge in [-0.05, 0) is 29.8 Å². The molecule has 2 aromatic carbocycles. The number of nitrogens with zero attached hydrogens (tertiary/aromatic N) is 1. The lowest BCUT2D eigenvalue weighted by Crippen LogP contribution is -2.35. The molecule has 0 saturated heterocycles. The maximum absolute atomic E-state index is 11.8. The summed E-state index contributed by atoms with van der Waals surface area (Å²) in [4.78, 5) is 23.4. The van der Waals surface area contributed by atoms with E-state index in [1.165, 1.54) is 0 Å². The first-order valence-corrected chi connectivity index (χ1v) is 7.03. The van der Waals surface area contributed by atoms with Crippen LogP contribution in [0.1, 0.15) is 5.56 Å². The van der Waals surface area contributed by atoms with Gasteiger partial charge in [-0.15, -0.1) is 0 Å². The minimum absolute atomic E-state index is 0.140. The van der Waals surface area contributed by atoms with E-state index >= 15 is 0 Å². The normalized spacial score (nSPS) is 9.52. The molecule has 0 heterocycles. The first-order chi connectivity index (χ1) is 11.2. The van der Waals surface area contributed by atoms with Crippen molar-refractivity contribution >= 4 is 23.3 Å². The molecule has 3 amide bonds. The fourth-order valence-corrected chi connectivity index (χ4v) is 1.86. The molecule has 0 aliphatic heterocycles. The van der Waals surface area contributed by atoms with E-state index < -0.39 is 6.03 Å². The number of rotatable bonds is 5. The summed E-state index contributed by atoms with van der Waals surface area (Å²) in [6.07, 6.45) is 0.329. The lowest BCUT2D eigenvalue weighted by atomic mass is 10.1. The molecule has 0 aromatic heterocycles. The average Bonchev–Trinajstić information content (AvgIpc) is 2.56. The Morgan fingerprint density at radius 3 is 2.22 bits per heavy atom. The molecule has 0 atom stereocenters. The minimum Gasteiger partial charge on any atom is -0.329 e. The van der Waals surface area contributed by atoms with Crippen LogP contribution >= 0.6 is 0 Å². The molecule has 0 aliphatic carbocycles. The standard InChI is InChI=1S/C17H16N4O2/c18-11-10-13-6-8-15(9-7-13)20-16(22)12-19-17(23)21-14-4-2-1-3-5-14/h1-9H,10,12H2,(H,20,22)(H2,19,21,23). The van der Waals surface area contributed by atoms with E-state index in [0.717, 1.165) is 5.56 Å². The van der Waals surface area contributed by atoms with Crippen molar-refractivity contribution in [2.45, 2.75) is 6.42 Å². The van der Waals surface area contributed by atoms with Gasteiger partial charge in [0.15, 0.2) is 0 Å². The average molecular weight is 308 g/mol. The summed E-state index contributed by atoms with van der Waals surface area (Å²) in [7, 11) is 0. The topological polar surface area (TPSA) is 94.0 Å². The van der Waals surface area contributed by atoms with Crippen LogP contribution in [0.15, 0.2) is 54.6 Å². The SMILES string of the molecule is N#CCc1ccc(NC(=O)CNC(=O)Nc2ccccc2)cc1. The molecule has 116 valence electrons. The van der Waals surface area contributed by atoms with Gasteiger partial charge in [-0.25, -0.2) is 4.79 Å². The maximum Gasteiger partial charge on any atom is 0.319 e. The van der Waals surface area contributed by atoms with Crippen LogP contribution in [0.2, 0.25) is 0 Å². The molecule has 0 aliphatic rings. The van der Waals surface area contributed by atoms with Crippen molar-refractivity contribution in [3.05, 3.63) is 60.2 Å². The number of hydrogen-bond donors (Lipinski definition) is 3. The second kappa shape index (κ2) is 8.20. The number of carbonyl (C=O) groups excluding carboxylic acids is 2. The van der Waals surface area contributed by atoms with Gasteiger partial charge >= 0.3 is 6.03 Å². The van der Waals surface area contributed by atoms with Crippen LogP contribution in [0.4, 0.5) is 16.2 Å². The molecule has 0 saturated carbocycles. The van der Waals surface area contributed by atoms with Crippen molar-refractivity contribution in [1.29, 1.82) is 5.26 Å². The maximum atomic E-state index is 11.8. The second-order valence-corrected chi connectivity index (χ2v) is 4.75. The van der Waals surface area contributed by atoms with Crippen molar-refractivity contribution in [2.24, 2.45) is 0 Å². The lowest BCUT2D eigenvalue weighted by molar-refractivity contribution is -0.115. The number of nitrogens with one attached hydrogen (secondary N) is 3. The van der Waals surface area contributed by atoms with Gasteiger partial charge in [0.1, 0.15) is 0 Å². The molecule has 6 heteroatoms. The van der Waals surface area contributed by atoms with Crippen molar-refractivity contribution in [2.75, 3.05) is 17.2 Å². The number of anilines is 2. The predicted molar refractivity (Wildman–Crippen MR) is 87.9 cm³/mol. The van der Waals surface area contributed by atoms with Crippen LogP contribution in [0.5, 0.6) is 0 Å². The van der Waals surface area contributed by atoms with Crippen molar-refractivity contribution in [3.8, 4) is 6.07 Å². The summed E-state index contributed by atoms with van der Waals surface area (Å²) in [5.74, 6) is -0.332. The van der Waals surface area contributed by atoms with Gasteiger partial charge < -0.3 is 16.0 Å².